The largest absolute Gasteiger partial charge is 0.396 e. The maximum Gasteiger partial charge on any atom is 0.141 e. The fourth-order valence-corrected chi connectivity index (χ4v) is 1.20. The van der Waals surface area contributed by atoms with Gasteiger partial charge in [-0.1, -0.05) is 17.7 Å². The molecule has 1 aromatic rings. The fraction of sp³-hybridized carbons (Fsp3) is 0.333. The van der Waals surface area contributed by atoms with Crippen molar-refractivity contribution in [3.63, 3.8) is 0 Å². The van der Waals surface area contributed by atoms with Crippen LogP contribution in [0.5, 0.6) is 0 Å². The minimum atomic E-state index is -0.789. The first-order valence-electron chi connectivity index (χ1n) is 3.89. The maximum absolute atomic E-state index is 12.7. The second-order valence-electron chi connectivity index (χ2n) is 2.70. The number of aliphatic hydroxyl groups is 2. The number of aliphatic hydroxyl groups excluding tert-OH is 2. The zero-order chi connectivity index (χ0) is 9.84. The van der Waals surface area contributed by atoms with Crippen molar-refractivity contribution in [1.82, 2.24) is 0 Å². The van der Waals surface area contributed by atoms with Crippen LogP contribution in [-0.2, 0) is 0 Å². The van der Waals surface area contributed by atoms with Crippen molar-refractivity contribution in [3.8, 4) is 0 Å². The standard InChI is InChI=1S/C9H10ClFO2/c10-7-5-6(1-2-8(7)11)9(13)3-4-12/h1-2,5,9,12-13H,3-4H2. The van der Waals surface area contributed by atoms with Crippen molar-refractivity contribution in [3.05, 3.63) is 34.6 Å². The third-order valence-electron chi connectivity index (χ3n) is 1.73. The smallest absolute Gasteiger partial charge is 0.141 e. The molecule has 0 aromatic heterocycles. The summed E-state index contributed by atoms with van der Waals surface area (Å²) in [5.74, 6) is -0.512. The van der Waals surface area contributed by atoms with Gasteiger partial charge in [0.1, 0.15) is 5.82 Å². The normalized spacial score (nSPS) is 12.9. The Morgan fingerprint density at radius 2 is 2.15 bits per heavy atom. The molecule has 72 valence electrons. The number of hydrogen-bond acceptors (Lipinski definition) is 2. The molecule has 0 saturated heterocycles. The van der Waals surface area contributed by atoms with E-state index in [0.29, 0.717) is 5.56 Å². The predicted octanol–water partition coefficient (Wildman–Crippen LogP) is 1.89. The summed E-state index contributed by atoms with van der Waals surface area (Å²) in [7, 11) is 0. The third-order valence-corrected chi connectivity index (χ3v) is 2.02. The second kappa shape index (κ2) is 4.56. The van der Waals surface area contributed by atoms with Crippen LogP contribution in [0.1, 0.15) is 18.1 Å². The molecule has 0 spiro atoms. The Labute approximate surface area is 80.6 Å². The van der Waals surface area contributed by atoms with Crippen LogP contribution in [0.25, 0.3) is 0 Å². The minimum Gasteiger partial charge on any atom is -0.396 e. The van der Waals surface area contributed by atoms with E-state index in [1.807, 2.05) is 0 Å². The lowest BCUT2D eigenvalue weighted by Crippen LogP contribution is -2.00. The van der Waals surface area contributed by atoms with Gasteiger partial charge in [-0.2, -0.15) is 0 Å². The zero-order valence-corrected chi connectivity index (χ0v) is 7.63. The Kier molecular flexibility index (Phi) is 3.66. The van der Waals surface area contributed by atoms with E-state index in [1.165, 1.54) is 18.2 Å². The molecule has 0 fully saturated rings. The Morgan fingerprint density at radius 3 is 2.69 bits per heavy atom. The molecule has 2 nitrogen and oxygen atoms in total. The summed E-state index contributed by atoms with van der Waals surface area (Å²) in [6.45, 7) is -0.115. The van der Waals surface area contributed by atoms with Crippen LogP contribution in [-0.4, -0.2) is 16.8 Å². The van der Waals surface area contributed by atoms with Gasteiger partial charge in [0.2, 0.25) is 0 Å². The number of rotatable bonds is 3. The summed E-state index contributed by atoms with van der Waals surface area (Å²) >= 11 is 5.51. The summed E-state index contributed by atoms with van der Waals surface area (Å²) in [6, 6.07) is 4.00. The van der Waals surface area contributed by atoms with E-state index < -0.39 is 11.9 Å². The van der Waals surface area contributed by atoms with Crippen LogP contribution in [0.2, 0.25) is 5.02 Å². The first-order valence-corrected chi connectivity index (χ1v) is 4.27. The van der Waals surface area contributed by atoms with Crippen LogP contribution in [0.4, 0.5) is 4.39 Å². The number of hydrogen-bond donors (Lipinski definition) is 2. The van der Waals surface area contributed by atoms with Gasteiger partial charge < -0.3 is 10.2 Å². The van der Waals surface area contributed by atoms with Gasteiger partial charge in [-0.25, -0.2) is 4.39 Å². The molecule has 0 saturated carbocycles. The summed E-state index contributed by atoms with van der Waals surface area (Å²) in [4.78, 5) is 0. The molecule has 4 heteroatoms. The van der Waals surface area contributed by atoms with Gasteiger partial charge in [-0.3, -0.25) is 0 Å². The first-order chi connectivity index (χ1) is 6.15. The molecule has 0 aliphatic carbocycles. The molecule has 1 atom stereocenters. The van der Waals surface area contributed by atoms with Crippen molar-refractivity contribution in [2.24, 2.45) is 0 Å². The number of halogens is 2. The van der Waals surface area contributed by atoms with Gasteiger partial charge in [0, 0.05) is 13.0 Å². The summed E-state index contributed by atoms with van der Waals surface area (Å²) < 4.78 is 12.7. The van der Waals surface area contributed by atoms with E-state index in [0.717, 1.165) is 0 Å². The summed E-state index contributed by atoms with van der Waals surface area (Å²) in [6.07, 6.45) is -0.565. The van der Waals surface area contributed by atoms with E-state index in [1.54, 1.807) is 0 Å². The molecule has 2 N–H and O–H groups in total. The summed E-state index contributed by atoms with van der Waals surface area (Å²) in [5, 5.41) is 17.9. The van der Waals surface area contributed by atoms with Crippen LogP contribution in [0, 0.1) is 5.82 Å². The average Bonchev–Trinajstić information content (AvgIpc) is 2.10. The molecular weight excluding hydrogens is 195 g/mol. The van der Waals surface area contributed by atoms with E-state index in [-0.39, 0.29) is 18.1 Å². The fourth-order valence-electron chi connectivity index (χ4n) is 1.01. The molecule has 0 aliphatic rings. The van der Waals surface area contributed by atoms with Gasteiger partial charge in [0.25, 0.3) is 0 Å². The molecule has 0 aliphatic heterocycles. The van der Waals surface area contributed by atoms with Gasteiger partial charge in [-0.15, -0.1) is 0 Å². The van der Waals surface area contributed by atoms with Crippen molar-refractivity contribution in [1.29, 1.82) is 0 Å². The molecule has 13 heavy (non-hydrogen) atoms. The van der Waals surface area contributed by atoms with Crippen molar-refractivity contribution >= 4 is 11.6 Å². The predicted molar refractivity (Wildman–Crippen MR) is 48.1 cm³/mol. The molecule has 0 heterocycles. The Bertz CT molecular complexity index is 291. The minimum absolute atomic E-state index is 0.0190. The number of benzene rings is 1. The van der Waals surface area contributed by atoms with E-state index in [2.05, 4.69) is 0 Å². The molecular formula is C9H10ClFO2. The highest BCUT2D eigenvalue weighted by molar-refractivity contribution is 6.30. The van der Waals surface area contributed by atoms with Crippen LogP contribution in [0.3, 0.4) is 0 Å². The topological polar surface area (TPSA) is 40.5 Å². The highest BCUT2D eigenvalue weighted by Crippen LogP contribution is 2.22. The van der Waals surface area contributed by atoms with E-state index in [9.17, 15) is 9.50 Å². The highest BCUT2D eigenvalue weighted by atomic mass is 35.5. The van der Waals surface area contributed by atoms with Gasteiger partial charge in [-0.05, 0) is 17.7 Å². The lowest BCUT2D eigenvalue weighted by Gasteiger charge is -2.09. The Balaban J connectivity index is 2.84. The lowest BCUT2D eigenvalue weighted by molar-refractivity contribution is 0.134. The van der Waals surface area contributed by atoms with E-state index in [4.69, 9.17) is 16.7 Å². The second-order valence-corrected chi connectivity index (χ2v) is 3.11. The van der Waals surface area contributed by atoms with Crippen LogP contribution < -0.4 is 0 Å². The highest BCUT2D eigenvalue weighted by Gasteiger charge is 2.08. The van der Waals surface area contributed by atoms with Crippen molar-refractivity contribution in [2.75, 3.05) is 6.61 Å². The lowest BCUT2D eigenvalue weighted by atomic mass is 10.1. The summed E-state index contributed by atoms with van der Waals surface area (Å²) in [5.41, 5.74) is 0.514. The maximum atomic E-state index is 12.7. The van der Waals surface area contributed by atoms with Crippen molar-refractivity contribution in [2.45, 2.75) is 12.5 Å². The first kappa shape index (κ1) is 10.4. The molecule has 0 radical (unpaired) electrons. The third kappa shape index (κ3) is 2.66. The molecule has 0 bridgehead atoms. The molecule has 0 amide bonds. The monoisotopic (exact) mass is 204 g/mol. The molecule has 1 unspecified atom stereocenters. The van der Waals surface area contributed by atoms with Crippen LogP contribution >= 0.6 is 11.6 Å². The van der Waals surface area contributed by atoms with E-state index >= 15 is 0 Å². The SMILES string of the molecule is OCCC(O)c1ccc(F)c(Cl)c1. The van der Waals surface area contributed by atoms with Gasteiger partial charge in [0.15, 0.2) is 0 Å². The van der Waals surface area contributed by atoms with Crippen molar-refractivity contribution < 1.29 is 14.6 Å². The molecule has 1 aromatic carbocycles. The zero-order valence-electron chi connectivity index (χ0n) is 6.87. The van der Waals surface area contributed by atoms with Crippen LogP contribution in [0.15, 0.2) is 18.2 Å². The van der Waals surface area contributed by atoms with Gasteiger partial charge in [0.05, 0.1) is 11.1 Å². The van der Waals surface area contributed by atoms with Gasteiger partial charge >= 0.3 is 0 Å². The molecule has 1 rings (SSSR count). The Morgan fingerprint density at radius 1 is 1.46 bits per heavy atom. The average molecular weight is 205 g/mol. The quantitative estimate of drug-likeness (QED) is 0.790. The Hall–Kier alpha value is -0.640.